The fraction of sp³-hybridized carbons (Fsp3) is 0.564. The Hall–Kier alpha value is -9.06. The first-order valence-corrected chi connectivity index (χ1v) is 29.3. The molecule has 0 saturated heterocycles. The fourth-order valence-corrected chi connectivity index (χ4v) is 10.5. The van der Waals surface area contributed by atoms with Crippen LogP contribution in [0.3, 0.4) is 0 Å². The second-order valence-corrected chi connectivity index (χ2v) is 22.7. The van der Waals surface area contributed by atoms with Crippen molar-refractivity contribution in [2.45, 2.75) is 112 Å². The topological polar surface area (TPSA) is 504 Å². The monoisotopic (exact) mass is 1380 g/mol. The zero-order valence-electron chi connectivity index (χ0n) is 50.7. The summed E-state index contributed by atoms with van der Waals surface area (Å²) in [6.07, 6.45) is 0.608. The molecule has 31 nitrogen and oxygen atoms in total. The number of aliphatic hydroxyl groups excluding tert-OH is 6. The van der Waals surface area contributed by atoms with Gasteiger partial charge in [-0.3, -0.25) is 42.2 Å². The number of rotatable bonds is 14. The van der Waals surface area contributed by atoms with Crippen LogP contribution in [-0.2, 0) is 0 Å². The number of hydrogen-bond donors (Lipinski definition) is 14. The molecule has 6 heterocycles. The Balaban J connectivity index is 0.000000181. The molecule has 6 saturated carbocycles. The quantitative estimate of drug-likeness (QED) is 0.0595. The van der Waals surface area contributed by atoms with Crippen LogP contribution in [-0.4, -0.2) is 185 Å². The maximum atomic E-state index is 13.4. The molecule has 6 aromatic heterocycles. The predicted octanol–water partition coefficient (Wildman–Crippen LogP) is -0.779. The van der Waals surface area contributed by atoms with Gasteiger partial charge >= 0.3 is 28.8 Å². The summed E-state index contributed by atoms with van der Waals surface area (Å²) in [6.45, 7) is -1.34. The minimum atomic E-state index is -1.40. The van der Waals surface area contributed by atoms with E-state index < -0.39 is 148 Å². The van der Waals surface area contributed by atoms with E-state index in [9.17, 15) is 72.7 Å². The molecule has 96 heavy (non-hydrogen) atoms. The molecule has 6 unspecified atom stereocenters. The Labute approximate surface area is 534 Å². The van der Waals surface area contributed by atoms with Crippen LogP contribution >= 0.6 is 0 Å². The summed E-state index contributed by atoms with van der Waals surface area (Å²) in [4.78, 5) is 92.0. The number of nitrogens with one attached hydrogen (secondary N) is 3. The highest BCUT2D eigenvalue weighted by atomic mass is 19.2. The molecule has 530 valence electrons. The summed E-state index contributed by atoms with van der Waals surface area (Å²) in [5.41, 5.74) is 22.6. The summed E-state index contributed by atoms with van der Waals surface area (Å²) >= 11 is 0. The van der Waals surface area contributed by atoms with E-state index >= 15 is 0 Å². The lowest BCUT2D eigenvalue weighted by Crippen LogP contribution is -2.50. The second kappa shape index (κ2) is 34.1. The molecular formula is C55H72F10N18O13. The molecule has 0 aromatic carbocycles. The van der Waals surface area contributed by atoms with Gasteiger partial charge in [0.1, 0.15) is 61.0 Å². The Morgan fingerprint density at radius 3 is 1.46 bits per heavy atom. The van der Waals surface area contributed by atoms with Crippen molar-refractivity contribution >= 4 is 34.8 Å². The standard InChI is InChI=1S/2C9H11F2N3O2.C9H10F2N2O3.C9H14FN5O.C9H12FN3O2.C9H11FN2O3.CH3F/c10-5-2-14(9(16)13-8(5)12)6-1-4(3-15)7(6)11;10-5-2-13-9(14-8(5)12)16-6-1-4(3-15)7(6)11;10-5-2-13(9(16)12-8(5)15)6-1-4(3-14)7(6)11;10-6-4(2-16)1-5(6)15-9-7(11)8(12)13-3-14-9;10-8-5(4-14)3-6(8)13-2-1-7(11)12-9(13)15;10-8-5(4-13)3-6(8)12-2-1-7(14)11-9(12)15;1-2/h2,4,6-7,15H,1,3H2,(H2,12,13,16);2,4,6-7,15H,1,3H2,(H2,12,13,14);2,4,6-7,14H,1,3H2,(H,12,15,16);3-6,16H,1-2,11H2,(H3,12,13,14,15);1-2,5-6,8,14H,3-4H2,(H2,11,12,15);1-2,5-6,8,13H,3-4H2,(H,11,14,15);1H3/t3*4-,6-,7?;4-,5-,6?;2*5-,6-,8?;/m111111./s1. The van der Waals surface area contributed by atoms with Crippen LogP contribution in [0.2, 0.25) is 0 Å². The zero-order chi connectivity index (χ0) is 71.2. The van der Waals surface area contributed by atoms with Crippen molar-refractivity contribution in [3.8, 4) is 6.01 Å². The highest BCUT2D eigenvalue weighted by molar-refractivity contribution is 5.72. The predicted molar refractivity (Wildman–Crippen MR) is 321 cm³/mol. The van der Waals surface area contributed by atoms with E-state index in [1.165, 1.54) is 35.4 Å². The smallest absolute Gasteiger partial charge is 0.350 e. The van der Waals surface area contributed by atoms with Gasteiger partial charge in [-0.1, -0.05) is 0 Å². The third kappa shape index (κ3) is 17.7. The van der Waals surface area contributed by atoms with E-state index in [0.717, 1.165) is 26.1 Å². The molecule has 18 atom stereocenters. The van der Waals surface area contributed by atoms with Crippen LogP contribution in [0, 0.1) is 53.0 Å². The van der Waals surface area contributed by atoms with Crippen LogP contribution < -0.4 is 72.6 Å². The molecule has 6 fully saturated rings. The Morgan fingerprint density at radius 2 is 0.969 bits per heavy atom. The van der Waals surface area contributed by atoms with E-state index in [4.69, 9.17) is 64.0 Å². The molecule has 0 spiro atoms. The van der Waals surface area contributed by atoms with Gasteiger partial charge in [0.15, 0.2) is 34.9 Å². The molecule has 41 heteroatoms. The van der Waals surface area contributed by atoms with Gasteiger partial charge in [-0.25, -0.2) is 69.3 Å². The van der Waals surface area contributed by atoms with Crippen LogP contribution in [0.5, 0.6) is 6.01 Å². The van der Waals surface area contributed by atoms with Gasteiger partial charge in [-0.15, -0.1) is 0 Å². The molecule has 6 aromatic rings. The number of hydrogen-bond acceptors (Lipinski definition) is 25. The number of nitrogen functional groups attached to an aromatic ring is 5. The van der Waals surface area contributed by atoms with E-state index in [0.29, 0.717) is 51.3 Å². The Bertz CT molecular complexity index is 3920. The normalized spacial score (nSPS) is 28.5. The molecule has 0 amide bonds. The van der Waals surface area contributed by atoms with Crippen molar-refractivity contribution in [1.82, 2.24) is 58.1 Å². The van der Waals surface area contributed by atoms with Gasteiger partial charge in [0, 0.05) is 99.8 Å². The largest absolute Gasteiger partial charge is 0.457 e. The van der Waals surface area contributed by atoms with Crippen LogP contribution in [0.1, 0.15) is 62.7 Å². The zero-order valence-corrected chi connectivity index (χ0v) is 50.7. The van der Waals surface area contributed by atoms with E-state index in [1.54, 1.807) is 4.98 Å². The first-order chi connectivity index (χ1) is 45.6. The van der Waals surface area contributed by atoms with Crippen LogP contribution in [0.4, 0.5) is 78.7 Å². The molecule has 0 radical (unpaired) electrons. The molecule has 6 aliphatic rings. The van der Waals surface area contributed by atoms with E-state index in [2.05, 4.69) is 40.2 Å². The number of nitrogens with two attached hydrogens (primary N) is 5. The number of aromatic nitrogens is 12. The fourth-order valence-electron chi connectivity index (χ4n) is 10.5. The number of anilines is 6. The van der Waals surface area contributed by atoms with Gasteiger partial charge in [0.05, 0.1) is 49.8 Å². The average molecular weight is 1380 g/mol. The van der Waals surface area contributed by atoms with Crippen molar-refractivity contribution in [3.63, 3.8) is 0 Å². The minimum absolute atomic E-state index is 0.129. The van der Waals surface area contributed by atoms with Crippen molar-refractivity contribution in [1.29, 1.82) is 0 Å². The summed E-state index contributed by atoms with van der Waals surface area (Å²) in [6, 6.07) is -0.518. The van der Waals surface area contributed by atoms with E-state index in [-0.39, 0.29) is 93.1 Å². The summed E-state index contributed by atoms with van der Waals surface area (Å²) in [5, 5.41) is 55.4. The number of alkyl halides is 7. The number of H-pyrrole nitrogens is 2. The Kier molecular flexibility index (Phi) is 26.9. The summed E-state index contributed by atoms with van der Waals surface area (Å²) < 4.78 is 138. The van der Waals surface area contributed by atoms with Crippen molar-refractivity contribution < 1.29 is 79.3 Å². The number of ether oxygens (including phenoxy) is 1. The molecule has 19 N–H and O–H groups in total. The molecule has 6 aliphatic carbocycles. The molecule has 0 bridgehead atoms. The first-order valence-electron chi connectivity index (χ1n) is 29.3. The maximum absolute atomic E-state index is 13.4. The third-order valence-corrected chi connectivity index (χ3v) is 16.8. The lowest BCUT2D eigenvalue weighted by Gasteiger charge is -2.39. The van der Waals surface area contributed by atoms with Gasteiger partial charge in [-0.05, 0) is 44.6 Å². The highest BCUT2D eigenvalue weighted by Gasteiger charge is 2.47. The van der Waals surface area contributed by atoms with Crippen LogP contribution in [0.15, 0.2) is 78.2 Å². The lowest BCUT2D eigenvalue weighted by molar-refractivity contribution is -0.0613. The molecule has 0 aliphatic heterocycles. The van der Waals surface area contributed by atoms with Crippen molar-refractivity contribution in [2.75, 3.05) is 80.8 Å². The summed E-state index contributed by atoms with van der Waals surface area (Å²) in [5.74, 6) is -5.36. The van der Waals surface area contributed by atoms with Gasteiger partial charge < -0.3 is 69.4 Å². The average Bonchev–Trinajstić information content (AvgIpc) is 1.67. The van der Waals surface area contributed by atoms with E-state index in [1.807, 2.05) is 0 Å². The maximum Gasteiger partial charge on any atom is 0.350 e. The lowest BCUT2D eigenvalue weighted by atomic mass is 9.78. The van der Waals surface area contributed by atoms with Gasteiger partial charge in [0.2, 0.25) is 5.82 Å². The van der Waals surface area contributed by atoms with Crippen molar-refractivity contribution in [3.05, 3.63) is 130 Å². The number of aromatic amines is 2. The van der Waals surface area contributed by atoms with Crippen molar-refractivity contribution in [2.24, 2.45) is 35.5 Å². The number of aliphatic hydroxyl groups is 6. The first kappa shape index (κ1) is 76.0. The Morgan fingerprint density at radius 1 is 0.510 bits per heavy atom. The molecular weight excluding hydrogens is 1310 g/mol. The number of nitrogens with zero attached hydrogens (tertiary/aromatic N) is 10. The summed E-state index contributed by atoms with van der Waals surface area (Å²) in [7, 11) is 0.500. The second-order valence-electron chi connectivity index (χ2n) is 22.7. The van der Waals surface area contributed by atoms with Gasteiger partial charge in [-0.2, -0.15) is 19.3 Å². The number of halogens is 10. The SMILES string of the molecule is CF.Nc1ccn([C@@H]2C[C@H](CO)C2F)c(=O)n1.Nc1nc(=O)n([C@@H]2C[C@H](CO)C2F)cc1F.Nc1nc(O[C@@H]2C[C@H](CO)C2F)ncc1F.Nc1ncnc(N[C@@H]2C[C@H](CO)C2F)c1N.O=c1[nH]c(=O)n([C@@H]2C[C@H](CO)C2F)cc1F.O=c1ccn([C@@H]2C[C@H](CO)C2F)c(=O)[nH]1. The minimum Gasteiger partial charge on any atom is -0.457 e. The van der Waals surface area contributed by atoms with Crippen LogP contribution in [0.25, 0.3) is 0 Å². The van der Waals surface area contributed by atoms with Gasteiger partial charge in [0.25, 0.3) is 11.1 Å². The highest BCUT2D eigenvalue weighted by Crippen LogP contribution is 2.43. The third-order valence-electron chi connectivity index (χ3n) is 16.8. The molecule has 12 rings (SSSR count).